The molecule has 1 aliphatic carbocycles. The predicted octanol–water partition coefficient (Wildman–Crippen LogP) is 3.02. The van der Waals surface area contributed by atoms with Gasteiger partial charge >= 0.3 is 6.03 Å². The highest BCUT2D eigenvalue weighted by Gasteiger charge is 2.24. The van der Waals surface area contributed by atoms with Crippen LogP contribution in [-0.4, -0.2) is 32.6 Å². The zero-order chi connectivity index (χ0) is 18.5. The van der Waals surface area contributed by atoms with Crippen molar-refractivity contribution in [3.05, 3.63) is 24.0 Å². The molecule has 9 nitrogen and oxygen atoms in total. The summed E-state index contributed by atoms with van der Waals surface area (Å²) in [4.78, 5) is 16.5. The summed E-state index contributed by atoms with van der Waals surface area (Å²) in [5, 5.41) is 13.9. The summed E-state index contributed by atoms with van der Waals surface area (Å²) < 4.78 is 12.6. The van der Waals surface area contributed by atoms with Crippen molar-refractivity contribution in [1.82, 2.24) is 25.2 Å². The van der Waals surface area contributed by atoms with Gasteiger partial charge in [0.05, 0.1) is 12.7 Å². The number of amides is 2. The van der Waals surface area contributed by atoms with Crippen LogP contribution in [0.1, 0.15) is 62.8 Å². The minimum Gasteiger partial charge on any atom is -0.368 e. The van der Waals surface area contributed by atoms with E-state index in [1.54, 1.807) is 6.20 Å². The van der Waals surface area contributed by atoms with Crippen LogP contribution in [0.25, 0.3) is 0 Å². The molecule has 3 heterocycles. The minimum atomic E-state index is -0.316. The first-order valence-corrected chi connectivity index (χ1v) is 9.78. The van der Waals surface area contributed by atoms with Crippen LogP contribution in [0.3, 0.4) is 0 Å². The lowest BCUT2D eigenvalue weighted by molar-refractivity contribution is 0.0835. The summed E-state index contributed by atoms with van der Waals surface area (Å²) in [5.41, 5.74) is 0. The van der Waals surface area contributed by atoms with Crippen LogP contribution in [0.2, 0.25) is 0 Å². The van der Waals surface area contributed by atoms with Crippen molar-refractivity contribution in [2.75, 3.05) is 11.9 Å². The van der Waals surface area contributed by atoms with E-state index in [2.05, 4.69) is 25.9 Å². The van der Waals surface area contributed by atoms with Gasteiger partial charge in [0.1, 0.15) is 11.9 Å². The fourth-order valence-electron chi connectivity index (χ4n) is 3.76. The molecular formula is C18H26N6O3. The number of nitrogens with one attached hydrogen (secondary N) is 2. The van der Waals surface area contributed by atoms with Gasteiger partial charge in [-0.15, -0.1) is 0 Å². The zero-order valence-corrected chi connectivity index (χ0v) is 15.4. The van der Waals surface area contributed by atoms with Gasteiger partial charge in [-0.2, -0.15) is 10.1 Å². The van der Waals surface area contributed by atoms with E-state index in [1.165, 1.54) is 32.1 Å². The van der Waals surface area contributed by atoms with E-state index >= 15 is 0 Å². The molecule has 0 aromatic carbocycles. The molecule has 2 aromatic heterocycles. The fraction of sp³-hybridized carbons (Fsp3) is 0.667. The van der Waals surface area contributed by atoms with Crippen LogP contribution in [0.15, 0.2) is 16.8 Å². The predicted molar refractivity (Wildman–Crippen MR) is 96.9 cm³/mol. The SMILES string of the molecule is O=C(NCc1noc([C@H]2CCCO2)n1)Nc1ccnn1CC1CCCCC1. The summed E-state index contributed by atoms with van der Waals surface area (Å²) in [6, 6.07) is 1.50. The van der Waals surface area contributed by atoms with Gasteiger partial charge < -0.3 is 14.6 Å². The number of aromatic nitrogens is 4. The maximum Gasteiger partial charge on any atom is 0.320 e. The van der Waals surface area contributed by atoms with Crippen LogP contribution < -0.4 is 10.6 Å². The monoisotopic (exact) mass is 374 g/mol. The van der Waals surface area contributed by atoms with Crippen LogP contribution in [0.4, 0.5) is 10.6 Å². The average molecular weight is 374 g/mol. The highest BCUT2D eigenvalue weighted by Crippen LogP contribution is 2.27. The van der Waals surface area contributed by atoms with Gasteiger partial charge in [-0.3, -0.25) is 5.32 Å². The molecule has 0 radical (unpaired) electrons. The molecule has 1 saturated heterocycles. The Kier molecular flexibility index (Phi) is 5.66. The second kappa shape index (κ2) is 8.51. The maximum absolute atomic E-state index is 12.2. The van der Waals surface area contributed by atoms with Crippen LogP contribution >= 0.6 is 0 Å². The first-order chi connectivity index (χ1) is 13.3. The molecule has 4 rings (SSSR count). The number of urea groups is 1. The quantitative estimate of drug-likeness (QED) is 0.805. The summed E-state index contributed by atoms with van der Waals surface area (Å²) in [6.07, 6.45) is 9.85. The molecule has 0 spiro atoms. The van der Waals surface area contributed by atoms with E-state index in [9.17, 15) is 4.79 Å². The molecule has 2 N–H and O–H groups in total. The zero-order valence-electron chi connectivity index (χ0n) is 15.4. The van der Waals surface area contributed by atoms with Crippen LogP contribution in [-0.2, 0) is 17.8 Å². The third-order valence-corrected chi connectivity index (χ3v) is 5.21. The second-order valence-electron chi connectivity index (χ2n) is 7.26. The molecule has 1 aliphatic heterocycles. The highest BCUT2D eigenvalue weighted by atomic mass is 16.5. The Hall–Kier alpha value is -2.42. The lowest BCUT2D eigenvalue weighted by Crippen LogP contribution is -2.30. The van der Waals surface area contributed by atoms with E-state index < -0.39 is 0 Å². The molecule has 0 unspecified atom stereocenters. The second-order valence-corrected chi connectivity index (χ2v) is 7.26. The normalized spacial score (nSPS) is 20.7. The van der Waals surface area contributed by atoms with Gasteiger partial charge in [0.15, 0.2) is 5.82 Å². The Morgan fingerprint density at radius 2 is 2.11 bits per heavy atom. The van der Waals surface area contributed by atoms with E-state index in [0.29, 0.717) is 23.5 Å². The first-order valence-electron chi connectivity index (χ1n) is 9.78. The summed E-state index contributed by atoms with van der Waals surface area (Å²) in [6.45, 7) is 1.76. The van der Waals surface area contributed by atoms with Crippen molar-refractivity contribution in [3.63, 3.8) is 0 Å². The summed E-state index contributed by atoms with van der Waals surface area (Å²) >= 11 is 0. The number of rotatable bonds is 6. The Bertz CT molecular complexity index is 746. The molecule has 2 fully saturated rings. The van der Waals surface area contributed by atoms with Gasteiger partial charge in [0.25, 0.3) is 5.89 Å². The third kappa shape index (κ3) is 4.65. The molecule has 9 heteroatoms. The lowest BCUT2D eigenvalue weighted by atomic mass is 9.89. The molecule has 2 aliphatic rings. The van der Waals surface area contributed by atoms with Crippen molar-refractivity contribution in [1.29, 1.82) is 0 Å². The molecule has 1 atom stereocenters. The third-order valence-electron chi connectivity index (χ3n) is 5.21. The van der Waals surface area contributed by atoms with Gasteiger partial charge in [0.2, 0.25) is 0 Å². The van der Waals surface area contributed by atoms with E-state index in [0.717, 1.165) is 26.0 Å². The Balaban J connectivity index is 1.26. The van der Waals surface area contributed by atoms with Gasteiger partial charge in [-0.1, -0.05) is 24.4 Å². The summed E-state index contributed by atoms with van der Waals surface area (Å²) in [5.74, 6) is 2.26. The molecule has 27 heavy (non-hydrogen) atoms. The standard InChI is InChI=1S/C18H26N6O3/c25-18(19-11-15-21-17(27-23-15)14-7-4-10-26-14)22-16-8-9-20-24(16)12-13-5-2-1-3-6-13/h8-9,13-14H,1-7,10-12H2,(H2,19,22,25)/t14-/m1/s1. The first kappa shape index (κ1) is 18.0. The van der Waals surface area contributed by atoms with Crippen molar-refractivity contribution >= 4 is 11.8 Å². The molecule has 146 valence electrons. The molecule has 0 bridgehead atoms. The van der Waals surface area contributed by atoms with Gasteiger partial charge in [-0.05, 0) is 31.6 Å². The smallest absolute Gasteiger partial charge is 0.320 e. The largest absolute Gasteiger partial charge is 0.368 e. The van der Waals surface area contributed by atoms with Gasteiger partial charge in [0, 0.05) is 19.2 Å². The average Bonchev–Trinajstić information content (AvgIpc) is 3.43. The van der Waals surface area contributed by atoms with Crippen molar-refractivity contribution in [3.8, 4) is 0 Å². The number of hydrogen-bond acceptors (Lipinski definition) is 6. The maximum atomic E-state index is 12.2. The van der Waals surface area contributed by atoms with E-state index in [1.807, 2.05) is 10.7 Å². The molecular weight excluding hydrogens is 348 g/mol. The van der Waals surface area contributed by atoms with Crippen molar-refractivity contribution in [2.45, 2.75) is 64.1 Å². The number of carbonyl (C=O) groups excluding carboxylic acids is 1. The van der Waals surface area contributed by atoms with Crippen molar-refractivity contribution in [2.24, 2.45) is 5.92 Å². The van der Waals surface area contributed by atoms with Crippen molar-refractivity contribution < 1.29 is 14.1 Å². The number of anilines is 1. The number of nitrogens with zero attached hydrogens (tertiary/aromatic N) is 4. The summed E-state index contributed by atoms with van der Waals surface area (Å²) in [7, 11) is 0. The minimum absolute atomic E-state index is 0.116. The fourth-order valence-corrected chi connectivity index (χ4v) is 3.76. The molecule has 1 saturated carbocycles. The van der Waals surface area contributed by atoms with E-state index in [4.69, 9.17) is 9.26 Å². The topological polar surface area (TPSA) is 107 Å². The Labute approximate surface area is 157 Å². The Morgan fingerprint density at radius 1 is 1.22 bits per heavy atom. The van der Waals surface area contributed by atoms with Crippen LogP contribution in [0.5, 0.6) is 0 Å². The highest BCUT2D eigenvalue weighted by molar-refractivity contribution is 5.88. The molecule has 2 amide bonds. The number of hydrogen-bond donors (Lipinski definition) is 2. The number of carbonyl (C=O) groups is 1. The Morgan fingerprint density at radius 3 is 2.93 bits per heavy atom. The number of ether oxygens (including phenoxy) is 1. The molecule has 2 aromatic rings. The lowest BCUT2D eigenvalue weighted by Gasteiger charge is -2.22. The van der Waals surface area contributed by atoms with Gasteiger partial charge in [-0.25, -0.2) is 9.48 Å². The van der Waals surface area contributed by atoms with Crippen LogP contribution in [0, 0.1) is 5.92 Å². The van der Waals surface area contributed by atoms with E-state index in [-0.39, 0.29) is 18.7 Å².